The van der Waals surface area contributed by atoms with E-state index in [1.807, 2.05) is 11.1 Å². The zero-order chi connectivity index (χ0) is 18.2. The molecular weight excluding hydrogens is 340 g/mol. The highest BCUT2D eigenvalue weighted by molar-refractivity contribution is 5.80. The van der Waals surface area contributed by atoms with E-state index in [2.05, 4.69) is 51.6 Å². The van der Waals surface area contributed by atoms with Gasteiger partial charge in [-0.2, -0.15) is 0 Å². The van der Waals surface area contributed by atoms with Gasteiger partial charge in [0.25, 0.3) is 0 Å². The van der Waals surface area contributed by atoms with Crippen LogP contribution in [0.25, 0.3) is 0 Å². The van der Waals surface area contributed by atoms with E-state index in [1.165, 1.54) is 5.69 Å². The van der Waals surface area contributed by atoms with Crippen LogP contribution in [0.2, 0.25) is 0 Å². The second-order valence-corrected chi connectivity index (χ2v) is 7.44. The lowest BCUT2D eigenvalue weighted by molar-refractivity contribution is 0.122. The number of urea groups is 1. The van der Waals surface area contributed by atoms with Crippen LogP contribution in [0.15, 0.2) is 52.8 Å². The summed E-state index contributed by atoms with van der Waals surface area (Å²) in [4.78, 5) is 21.3. The monoisotopic (exact) mass is 364 g/mol. The Bertz CT molecular complexity index is 821. The van der Waals surface area contributed by atoms with Crippen molar-refractivity contribution in [3.05, 3.63) is 53.4 Å². The van der Waals surface area contributed by atoms with Crippen LogP contribution in [-0.4, -0.2) is 50.0 Å². The van der Waals surface area contributed by atoms with Crippen molar-refractivity contribution in [1.29, 1.82) is 0 Å². The van der Waals surface area contributed by atoms with E-state index in [0.29, 0.717) is 12.5 Å². The number of ether oxygens (including phenoxy) is 1. The Morgan fingerprint density at radius 1 is 1.11 bits per heavy atom. The Kier molecular flexibility index (Phi) is 4.20. The molecule has 6 heteroatoms. The van der Waals surface area contributed by atoms with Gasteiger partial charge in [0.2, 0.25) is 0 Å². The Morgan fingerprint density at radius 3 is 2.74 bits per heavy atom. The summed E-state index contributed by atoms with van der Waals surface area (Å²) in [5.74, 6) is 0.491. The van der Waals surface area contributed by atoms with E-state index in [0.717, 1.165) is 56.1 Å². The Hall–Kier alpha value is -2.60. The van der Waals surface area contributed by atoms with Gasteiger partial charge in [-0.3, -0.25) is 9.89 Å². The molecule has 140 valence electrons. The van der Waals surface area contributed by atoms with Gasteiger partial charge in [-0.05, 0) is 36.6 Å². The molecular formula is C21H24N4O2. The maximum atomic E-state index is 12.5. The first kappa shape index (κ1) is 16.6. The molecule has 1 aliphatic carbocycles. The molecule has 3 heterocycles. The number of fused-ring (bicyclic) bond motifs is 1. The summed E-state index contributed by atoms with van der Waals surface area (Å²) in [6, 6.07) is 8.60. The van der Waals surface area contributed by atoms with Gasteiger partial charge in [0, 0.05) is 48.8 Å². The molecule has 2 fully saturated rings. The summed E-state index contributed by atoms with van der Waals surface area (Å²) in [5, 5.41) is 3.00. The van der Waals surface area contributed by atoms with Crippen molar-refractivity contribution >= 4 is 17.9 Å². The standard InChI is InChI=1S/C21H24N4O2/c26-21-23-14-20(25(21)18-6-1-15-7-8-22-19(15)13-18)16-2-4-17(5-3-16)24-9-11-27-12-10-24/h2-6,8,13,15,20H,1,7,9-12,14H2,(H,23,26). The molecule has 2 amide bonds. The average molecular weight is 364 g/mol. The zero-order valence-corrected chi connectivity index (χ0v) is 15.3. The van der Waals surface area contributed by atoms with Crippen LogP contribution in [0.5, 0.6) is 0 Å². The fourth-order valence-electron chi connectivity index (χ4n) is 4.32. The molecule has 2 saturated heterocycles. The minimum atomic E-state index is -0.0271. The molecule has 0 aromatic heterocycles. The average Bonchev–Trinajstić information content (AvgIpc) is 3.34. The maximum Gasteiger partial charge on any atom is 0.322 e. The number of rotatable bonds is 3. The van der Waals surface area contributed by atoms with Gasteiger partial charge in [-0.25, -0.2) is 4.79 Å². The second-order valence-electron chi connectivity index (χ2n) is 7.44. The van der Waals surface area contributed by atoms with Gasteiger partial charge in [0.15, 0.2) is 0 Å². The Labute approximate surface area is 159 Å². The third kappa shape index (κ3) is 3.04. The van der Waals surface area contributed by atoms with Crippen molar-refractivity contribution in [3.63, 3.8) is 0 Å². The van der Waals surface area contributed by atoms with Crippen molar-refractivity contribution in [2.75, 3.05) is 37.7 Å². The molecule has 1 aromatic rings. The first-order chi connectivity index (χ1) is 13.3. The lowest BCUT2D eigenvalue weighted by Crippen LogP contribution is -2.36. The lowest BCUT2D eigenvalue weighted by atomic mass is 9.94. The Balaban J connectivity index is 1.38. The summed E-state index contributed by atoms with van der Waals surface area (Å²) in [6.07, 6.45) is 8.21. The third-order valence-electron chi connectivity index (χ3n) is 5.87. The van der Waals surface area contributed by atoms with Gasteiger partial charge < -0.3 is 15.0 Å². The first-order valence-electron chi connectivity index (χ1n) is 9.73. The number of carbonyl (C=O) groups excluding carboxylic acids is 1. The zero-order valence-electron chi connectivity index (χ0n) is 15.3. The normalized spacial score (nSPS) is 27.3. The van der Waals surface area contributed by atoms with Crippen molar-refractivity contribution in [1.82, 2.24) is 10.2 Å². The molecule has 0 spiro atoms. The molecule has 0 radical (unpaired) electrons. The van der Waals surface area contributed by atoms with E-state index in [4.69, 9.17) is 4.74 Å². The highest BCUT2D eigenvalue weighted by Crippen LogP contribution is 2.36. The van der Waals surface area contributed by atoms with Crippen molar-refractivity contribution in [3.8, 4) is 0 Å². The maximum absolute atomic E-state index is 12.5. The molecule has 3 aliphatic heterocycles. The molecule has 1 aromatic carbocycles. The molecule has 0 saturated carbocycles. The number of morpholine rings is 1. The van der Waals surface area contributed by atoms with Gasteiger partial charge in [0.05, 0.1) is 19.3 Å². The van der Waals surface area contributed by atoms with Crippen LogP contribution in [0, 0.1) is 5.92 Å². The van der Waals surface area contributed by atoms with E-state index < -0.39 is 0 Å². The molecule has 5 rings (SSSR count). The summed E-state index contributed by atoms with van der Waals surface area (Å²) in [7, 11) is 0. The summed E-state index contributed by atoms with van der Waals surface area (Å²) in [6.45, 7) is 4.04. The quantitative estimate of drug-likeness (QED) is 0.897. The number of hydrogen-bond acceptors (Lipinski definition) is 4. The lowest BCUT2D eigenvalue weighted by Gasteiger charge is -2.30. The topological polar surface area (TPSA) is 57.2 Å². The molecule has 2 unspecified atom stereocenters. The minimum Gasteiger partial charge on any atom is -0.378 e. The van der Waals surface area contributed by atoms with Crippen molar-refractivity contribution < 1.29 is 9.53 Å². The molecule has 2 atom stereocenters. The predicted molar refractivity (Wildman–Crippen MR) is 105 cm³/mol. The van der Waals surface area contributed by atoms with Gasteiger partial charge in [-0.1, -0.05) is 18.2 Å². The fraction of sp³-hybridized carbons (Fsp3) is 0.429. The summed E-state index contributed by atoms with van der Waals surface area (Å²) in [5.41, 5.74) is 4.45. The highest BCUT2D eigenvalue weighted by atomic mass is 16.5. The minimum absolute atomic E-state index is 0.0151. The van der Waals surface area contributed by atoms with Crippen LogP contribution >= 0.6 is 0 Å². The molecule has 4 aliphatic rings. The number of anilines is 1. The van der Waals surface area contributed by atoms with Gasteiger partial charge in [-0.15, -0.1) is 0 Å². The van der Waals surface area contributed by atoms with Crippen molar-refractivity contribution in [2.24, 2.45) is 10.9 Å². The highest BCUT2D eigenvalue weighted by Gasteiger charge is 2.35. The number of carbonyl (C=O) groups is 1. The van der Waals surface area contributed by atoms with Crippen LogP contribution in [0.3, 0.4) is 0 Å². The van der Waals surface area contributed by atoms with E-state index in [9.17, 15) is 4.79 Å². The van der Waals surface area contributed by atoms with Crippen LogP contribution in [-0.2, 0) is 4.74 Å². The van der Waals surface area contributed by atoms with E-state index in [-0.39, 0.29) is 12.1 Å². The van der Waals surface area contributed by atoms with Crippen molar-refractivity contribution in [2.45, 2.75) is 18.9 Å². The smallest absolute Gasteiger partial charge is 0.322 e. The number of nitrogens with zero attached hydrogens (tertiary/aromatic N) is 3. The predicted octanol–water partition coefficient (Wildman–Crippen LogP) is 2.85. The van der Waals surface area contributed by atoms with E-state index >= 15 is 0 Å². The van der Waals surface area contributed by atoms with Crippen LogP contribution in [0.1, 0.15) is 24.4 Å². The number of nitrogens with one attached hydrogen (secondary N) is 1. The number of allylic oxidation sites excluding steroid dienone is 3. The van der Waals surface area contributed by atoms with Gasteiger partial charge >= 0.3 is 6.03 Å². The molecule has 6 nitrogen and oxygen atoms in total. The molecule has 0 bridgehead atoms. The van der Waals surface area contributed by atoms with Crippen LogP contribution in [0.4, 0.5) is 10.5 Å². The first-order valence-corrected chi connectivity index (χ1v) is 9.73. The third-order valence-corrected chi connectivity index (χ3v) is 5.87. The largest absolute Gasteiger partial charge is 0.378 e. The molecule has 27 heavy (non-hydrogen) atoms. The summed E-state index contributed by atoms with van der Waals surface area (Å²) < 4.78 is 5.43. The number of benzene rings is 1. The number of aliphatic imine (C=N–C) groups is 1. The summed E-state index contributed by atoms with van der Waals surface area (Å²) >= 11 is 0. The number of hydrogen-bond donors (Lipinski definition) is 1. The van der Waals surface area contributed by atoms with Gasteiger partial charge in [0.1, 0.15) is 0 Å². The Morgan fingerprint density at radius 2 is 1.93 bits per heavy atom. The van der Waals surface area contributed by atoms with E-state index in [1.54, 1.807) is 0 Å². The SMILES string of the molecule is O=C1NCC(c2ccc(N3CCOCC3)cc2)N1C1=CCC2CC=NC2=C1. The number of amides is 2. The molecule has 1 N–H and O–H groups in total. The fourth-order valence-corrected chi connectivity index (χ4v) is 4.32. The van der Waals surface area contributed by atoms with Crippen LogP contribution < -0.4 is 10.2 Å². The second kappa shape index (κ2) is 6.85.